The first-order valence-electron chi connectivity index (χ1n) is 12.2. The lowest BCUT2D eigenvalue weighted by atomic mass is 10.0. The Balaban J connectivity index is 0.00000318. The fourth-order valence-electron chi connectivity index (χ4n) is 3.16. The SMILES string of the molecule is CC(=O)O.CSC[C@H](NC(C)=O)C(=O)NCC(=O)NC(C(=O)NCC(=O)CCCc1ccccc1)C(C)C. The highest BCUT2D eigenvalue weighted by atomic mass is 32.2. The Morgan fingerprint density at radius 1 is 0.895 bits per heavy atom. The molecule has 1 aromatic rings. The summed E-state index contributed by atoms with van der Waals surface area (Å²) < 4.78 is 0. The number of carboxylic acids is 1. The normalized spacial score (nSPS) is 11.7. The third-order valence-electron chi connectivity index (χ3n) is 4.94. The van der Waals surface area contributed by atoms with E-state index >= 15 is 0 Å². The average molecular weight is 553 g/mol. The molecule has 1 aromatic carbocycles. The van der Waals surface area contributed by atoms with Crippen LogP contribution in [0, 0.1) is 5.92 Å². The number of nitrogens with one attached hydrogen (secondary N) is 4. The van der Waals surface area contributed by atoms with E-state index in [4.69, 9.17) is 9.90 Å². The molecule has 4 amide bonds. The minimum atomic E-state index is -0.848. The predicted molar refractivity (Wildman–Crippen MR) is 146 cm³/mol. The molecule has 0 saturated carbocycles. The molecule has 0 aliphatic carbocycles. The van der Waals surface area contributed by atoms with Crippen LogP contribution in [0.2, 0.25) is 0 Å². The van der Waals surface area contributed by atoms with Crippen molar-refractivity contribution in [1.29, 1.82) is 0 Å². The first-order chi connectivity index (χ1) is 17.9. The monoisotopic (exact) mass is 552 g/mol. The van der Waals surface area contributed by atoms with Crippen molar-refractivity contribution in [3.05, 3.63) is 35.9 Å². The number of thioether (sulfide) groups is 1. The van der Waals surface area contributed by atoms with Crippen molar-refractivity contribution in [2.24, 2.45) is 5.92 Å². The number of rotatable bonds is 15. The summed E-state index contributed by atoms with van der Waals surface area (Å²) in [5, 5.41) is 17.6. The second-order valence-corrected chi connectivity index (χ2v) is 9.74. The first-order valence-corrected chi connectivity index (χ1v) is 13.6. The van der Waals surface area contributed by atoms with Crippen LogP contribution in [0.25, 0.3) is 0 Å². The zero-order valence-electron chi connectivity index (χ0n) is 22.7. The molecule has 0 radical (unpaired) electrons. The Hall–Kier alpha value is -3.41. The molecule has 5 N–H and O–H groups in total. The molecule has 1 unspecified atom stereocenters. The minimum Gasteiger partial charge on any atom is -0.481 e. The molecule has 212 valence electrons. The lowest BCUT2D eigenvalue weighted by Gasteiger charge is -2.22. The Bertz CT molecular complexity index is 921. The lowest BCUT2D eigenvalue weighted by molar-refractivity contribution is -0.134. The lowest BCUT2D eigenvalue weighted by Crippen LogP contribution is -2.54. The van der Waals surface area contributed by atoms with E-state index in [0.29, 0.717) is 18.6 Å². The van der Waals surface area contributed by atoms with Gasteiger partial charge in [0.1, 0.15) is 12.1 Å². The van der Waals surface area contributed by atoms with Gasteiger partial charge in [-0.1, -0.05) is 44.2 Å². The maximum Gasteiger partial charge on any atom is 0.300 e. The minimum absolute atomic E-state index is 0.0804. The third-order valence-corrected chi connectivity index (χ3v) is 5.61. The number of Topliss-reactive ketones (excluding diaryl/α,β-unsaturated/α-hetero) is 1. The van der Waals surface area contributed by atoms with Crippen molar-refractivity contribution >= 4 is 47.1 Å². The van der Waals surface area contributed by atoms with Crippen LogP contribution in [-0.4, -0.2) is 77.7 Å². The van der Waals surface area contributed by atoms with Gasteiger partial charge in [-0.15, -0.1) is 0 Å². The summed E-state index contributed by atoms with van der Waals surface area (Å²) in [6, 6.07) is 8.26. The van der Waals surface area contributed by atoms with E-state index < -0.39 is 35.8 Å². The van der Waals surface area contributed by atoms with Gasteiger partial charge in [-0.05, 0) is 30.6 Å². The molecule has 0 fully saturated rings. The fourth-order valence-corrected chi connectivity index (χ4v) is 3.73. The van der Waals surface area contributed by atoms with Gasteiger partial charge >= 0.3 is 0 Å². The molecule has 0 saturated heterocycles. The van der Waals surface area contributed by atoms with Crippen LogP contribution in [0.15, 0.2) is 30.3 Å². The van der Waals surface area contributed by atoms with Crippen molar-refractivity contribution in [3.63, 3.8) is 0 Å². The predicted octanol–water partition coefficient (Wildman–Crippen LogP) is 0.910. The van der Waals surface area contributed by atoms with Gasteiger partial charge in [0.05, 0.1) is 13.1 Å². The summed E-state index contributed by atoms with van der Waals surface area (Å²) in [6.45, 7) is 5.51. The van der Waals surface area contributed by atoms with Gasteiger partial charge in [-0.25, -0.2) is 0 Å². The zero-order valence-corrected chi connectivity index (χ0v) is 23.5. The molecular weight excluding hydrogens is 512 g/mol. The van der Waals surface area contributed by atoms with Crippen LogP contribution < -0.4 is 21.3 Å². The number of hydrogen-bond acceptors (Lipinski definition) is 7. The number of amides is 4. The van der Waals surface area contributed by atoms with Gasteiger partial charge in [-0.3, -0.25) is 28.8 Å². The van der Waals surface area contributed by atoms with E-state index in [1.807, 2.05) is 30.3 Å². The molecule has 1 rings (SSSR count). The number of aliphatic carboxylic acids is 1. The van der Waals surface area contributed by atoms with E-state index in [1.54, 1.807) is 20.1 Å². The quantitative estimate of drug-likeness (QED) is 0.214. The van der Waals surface area contributed by atoms with E-state index in [2.05, 4.69) is 21.3 Å². The highest BCUT2D eigenvalue weighted by Gasteiger charge is 2.25. The van der Waals surface area contributed by atoms with Crippen molar-refractivity contribution in [2.75, 3.05) is 25.1 Å². The fraction of sp³-hybridized carbons (Fsp3) is 0.538. The second kappa shape index (κ2) is 19.7. The molecule has 2 atom stereocenters. The Kier molecular flexibility index (Phi) is 17.9. The highest BCUT2D eigenvalue weighted by Crippen LogP contribution is 2.05. The van der Waals surface area contributed by atoms with Crippen molar-refractivity contribution in [3.8, 4) is 0 Å². The van der Waals surface area contributed by atoms with Gasteiger partial charge in [0, 0.05) is 26.0 Å². The van der Waals surface area contributed by atoms with Crippen LogP contribution in [0.1, 0.15) is 46.1 Å². The maximum atomic E-state index is 12.6. The molecule has 0 aromatic heterocycles. The van der Waals surface area contributed by atoms with Gasteiger partial charge in [0.2, 0.25) is 23.6 Å². The zero-order chi connectivity index (χ0) is 29.1. The number of carbonyl (C=O) groups is 6. The Labute approximate surface area is 228 Å². The van der Waals surface area contributed by atoms with E-state index in [0.717, 1.165) is 18.9 Å². The van der Waals surface area contributed by atoms with Crippen molar-refractivity contribution in [2.45, 2.75) is 59.0 Å². The number of carbonyl (C=O) groups excluding carboxylic acids is 5. The maximum absolute atomic E-state index is 12.6. The molecule has 11 nitrogen and oxygen atoms in total. The summed E-state index contributed by atoms with van der Waals surface area (Å²) >= 11 is 1.39. The Morgan fingerprint density at radius 3 is 2.00 bits per heavy atom. The van der Waals surface area contributed by atoms with E-state index in [1.165, 1.54) is 18.7 Å². The topological polar surface area (TPSA) is 171 Å². The average Bonchev–Trinajstić information content (AvgIpc) is 2.84. The first kappa shape index (κ1) is 34.6. The third kappa shape index (κ3) is 17.1. The van der Waals surface area contributed by atoms with E-state index in [-0.39, 0.29) is 30.7 Å². The van der Waals surface area contributed by atoms with Gasteiger partial charge in [0.25, 0.3) is 5.97 Å². The number of aryl methyl sites for hydroxylation is 1. The summed E-state index contributed by atoms with van der Waals surface area (Å²) in [5.41, 5.74) is 1.16. The summed E-state index contributed by atoms with van der Waals surface area (Å²) in [7, 11) is 0. The molecule has 0 aliphatic heterocycles. The summed E-state index contributed by atoms with van der Waals surface area (Å²) in [4.78, 5) is 69.5. The largest absolute Gasteiger partial charge is 0.481 e. The van der Waals surface area contributed by atoms with Crippen LogP contribution in [0.3, 0.4) is 0 Å². The molecule has 12 heteroatoms. The number of carboxylic acid groups (broad SMARTS) is 1. The molecule has 0 aliphatic rings. The second-order valence-electron chi connectivity index (χ2n) is 8.83. The van der Waals surface area contributed by atoms with Crippen molar-refractivity contribution in [1.82, 2.24) is 21.3 Å². The van der Waals surface area contributed by atoms with Gasteiger partial charge < -0.3 is 26.4 Å². The Morgan fingerprint density at radius 2 is 1.47 bits per heavy atom. The van der Waals surface area contributed by atoms with Gasteiger partial charge in [0.15, 0.2) is 5.78 Å². The van der Waals surface area contributed by atoms with E-state index in [9.17, 15) is 24.0 Å². The number of benzene rings is 1. The molecule has 0 heterocycles. The van der Waals surface area contributed by atoms with Gasteiger partial charge in [-0.2, -0.15) is 11.8 Å². The van der Waals surface area contributed by atoms with Crippen molar-refractivity contribution < 1.29 is 33.9 Å². The molecule has 38 heavy (non-hydrogen) atoms. The number of hydrogen-bond donors (Lipinski definition) is 5. The summed E-state index contributed by atoms with van der Waals surface area (Å²) in [5.74, 6) is -2.59. The smallest absolute Gasteiger partial charge is 0.300 e. The number of ketones is 1. The summed E-state index contributed by atoms with van der Waals surface area (Å²) in [6.07, 6.45) is 3.63. The standard InChI is InChI=1S/C24H36N4O5S.C2H4O2/c1-16(2)22(28-21(31)14-26-23(32)20(15-34-4)27-17(3)29)24(33)25-13-19(30)12-8-11-18-9-6-5-7-10-18;1-2(3)4/h5-7,9-10,16,20,22H,8,11-15H2,1-4H3,(H,25,33)(H,26,32)(H,27,29)(H,28,31);1H3,(H,3,4)/t20-,22?;/m0./s1. The van der Waals surface area contributed by atoms with Crippen LogP contribution in [0.5, 0.6) is 0 Å². The molecular formula is C26H40N4O7S. The van der Waals surface area contributed by atoms with Crippen LogP contribution >= 0.6 is 11.8 Å². The molecule has 0 bridgehead atoms. The van der Waals surface area contributed by atoms with Crippen LogP contribution in [-0.2, 0) is 35.2 Å². The molecule has 0 spiro atoms. The highest BCUT2D eigenvalue weighted by molar-refractivity contribution is 7.98. The van der Waals surface area contributed by atoms with Crippen LogP contribution in [0.4, 0.5) is 0 Å².